The van der Waals surface area contributed by atoms with Gasteiger partial charge in [0.05, 0.1) is 25.7 Å². The Labute approximate surface area is 143 Å². The van der Waals surface area contributed by atoms with Gasteiger partial charge in [0.2, 0.25) is 0 Å². The number of hydrogen-bond acceptors (Lipinski definition) is 7. The summed E-state index contributed by atoms with van der Waals surface area (Å²) in [6, 6.07) is 5.12. The summed E-state index contributed by atoms with van der Waals surface area (Å²) in [5, 5.41) is -0.513. The summed E-state index contributed by atoms with van der Waals surface area (Å²) in [4.78, 5) is 36.9. The maximum absolute atomic E-state index is 12.4. The van der Waals surface area contributed by atoms with E-state index in [9.17, 15) is 14.4 Å². The van der Waals surface area contributed by atoms with Gasteiger partial charge in [-0.1, -0.05) is 0 Å². The predicted molar refractivity (Wildman–Crippen MR) is 88.9 cm³/mol. The average molecular weight is 351 g/mol. The van der Waals surface area contributed by atoms with Crippen LogP contribution in [0.4, 0.5) is 4.79 Å². The largest absolute Gasteiger partial charge is 0.497 e. The fraction of sp³-hybridized carbons (Fsp3) is 0.312. The first-order valence-corrected chi connectivity index (χ1v) is 7.94. The molecule has 1 aromatic carbocycles. The third-order valence-electron chi connectivity index (χ3n) is 3.19. The number of ether oxygens (including phenoxy) is 3. The van der Waals surface area contributed by atoms with Gasteiger partial charge in [0.25, 0.3) is 11.1 Å². The van der Waals surface area contributed by atoms with Crippen LogP contribution >= 0.6 is 11.8 Å². The Bertz CT molecular complexity index is 700. The Morgan fingerprint density at radius 2 is 2.00 bits per heavy atom. The molecule has 2 amide bonds. The van der Waals surface area contributed by atoms with Crippen molar-refractivity contribution in [3.05, 3.63) is 28.7 Å². The first-order chi connectivity index (χ1) is 11.5. The summed E-state index contributed by atoms with van der Waals surface area (Å²) >= 11 is 0.764. The summed E-state index contributed by atoms with van der Waals surface area (Å²) in [5.74, 6) is -0.0382. The van der Waals surface area contributed by atoms with Gasteiger partial charge in [0.15, 0.2) is 0 Å². The second kappa shape index (κ2) is 7.87. The number of carbonyl (C=O) groups is 3. The van der Waals surface area contributed by atoms with Gasteiger partial charge in [-0.05, 0) is 43.0 Å². The summed E-state index contributed by atoms with van der Waals surface area (Å²) in [5.41, 5.74) is 0.596. The van der Waals surface area contributed by atoms with Crippen LogP contribution in [0.15, 0.2) is 23.1 Å². The van der Waals surface area contributed by atoms with Gasteiger partial charge < -0.3 is 14.2 Å². The molecule has 0 bridgehead atoms. The Hall–Kier alpha value is -2.48. The van der Waals surface area contributed by atoms with E-state index in [2.05, 4.69) is 0 Å². The molecular formula is C16H17NO6S. The highest BCUT2D eigenvalue weighted by Crippen LogP contribution is 2.34. The van der Waals surface area contributed by atoms with E-state index in [1.54, 1.807) is 25.1 Å². The molecule has 1 fully saturated rings. The van der Waals surface area contributed by atoms with Crippen LogP contribution in [0, 0.1) is 0 Å². The molecular weight excluding hydrogens is 334 g/mol. The second-order valence-corrected chi connectivity index (χ2v) is 5.67. The van der Waals surface area contributed by atoms with Crippen LogP contribution in [-0.2, 0) is 14.3 Å². The van der Waals surface area contributed by atoms with Crippen LogP contribution in [0.3, 0.4) is 0 Å². The molecule has 1 aromatic rings. The maximum Gasteiger partial charge on any atom is 0.326 e. The lowest BCUT2D eigenvalue weighted by Crippen LogP contribution is -2.34. The van der Waals surface area contributed by atoms with Crippen molar-refractivity contribution in [1.82, 2.24) is 4.90 Å². The van der Waals surface area contributed by atoms with Crippen molar-refractivity contribution < 1.29 is 28.6 Å². The normalized spacial score (nSPS) is 15.8. The molecule has 0 atom stereocenters. The Morgan fingerprint density at radius 1 is 1.25 bits per heavy atom. The number of carbonyl (C=O) groups excluding carboxylic acids is 3. The van der Waals surface area contributed by atoms with Crippen LogP contribution in [0.2, 0.25) is 0 Å². The standard InChI is InChI=1S/C16H17NO6S/c1-4-23-14(18)9-17-15(19)13(24-16(17)20)8-10-7-11(21-2)5-6-12(10)22-3/h5-8H,4,9H2,1-3H3. The van der Waals surface area contributed by atoms with E-state index in [1.807, 2.05) is 0 Å². The molecule has 7 nitrogen and oxygen atoms in total. The van der Waals surface area contributed by atoms with E-state index in [0.717, 1.165) is 16.7 Å². The lowest BCUT2D eigenvalue weighted by Gasteiger charge is -2.11. The van der Waals surface area contributed by atoms with Crippen LogP contribution in [-0.4, -0.2) is 49.4 Å². The van der Waals surface area contributed by atoms with Crippen molar-refractivity contribution in [3.8, 4) is 11.5 Å². The molecule has 8 heteroatoms. The molecule has 1 aliphatic heterocycles. The van der Waals surface area contributed by atoms with E-state index in [1.165, 1.54) is 20.3 Å². The molecule has 1 heterocycles. The van der Waals surface area contributed by atoms with Crippen molar-refractivity contribution in [1.29, 1.82) is 0 Å². The lowest BCUT2D eigenvalue weighted by molar-refractivity contribution is -0.145. The highest BCUT2D eigenvalue weighted by atomic mass is 32.2. The van der Waals surface area contributed by atoms with Crippen LogP contribution in [0.25, 0.3) is 6.08 Å². The van der Waals surface area contributed by atoms with Gasteiger partial charge in [-0.25, -0.2) is 0 Å². The zero-order valence-corrected chi connectivity index (χ0v) is 14.3. The molecule has 128 valence electrons. The fourth-order valence-electron chi connectivity index (χ4n) is 2.07. The Morgan fingerprint density at radius 3 is 2.62 bits per heavy atom. The van der Waals surface area contributed by atoms with Crippen LogP contribution < -0.4 is 9.47 Å². The number of thioether (sulfide) groups is 1. The third-order valence-corrected chi connectivity index (χ3v) is 4.10. The molecule has 0 aliphatic carbocycles. The number of esters is 1. The van der Waals surface area contributed by atoms with E-state index in [0.29, 0.717) is 17.1 Å². The number of rotatable bonds is 6. The van der Waals surface area contributed by atoms with Crippen molar-refractivity contribution in [2.45, 2.75) is 6.92 Å². The zero-order chi connectivity index (χ0) is 17.7. The SMILES string of the molecule is CCOC(=O)CN1C(=O)SC(=Cc2cc(OC)ccc2OC)C1=O. The maximum atomic E-state index is 12.4. The van der Waals surface area contributed by atoms with Crippen molar-refractivity contribution >= 4 is 35.0 Å². The lowest BCUT2D eigenvalue weighted by atomic mass is 10.1. The molecule has 2 rings (SSSR count). The van der Waals surface area contributed by atoms with Gasteiger partial charge in [0, 0.05) is 5.56 Å². The molecule has 0 saturated carbocycles. The number of nitrogens with zero attached hydrogens (tertiary/aromatic N) is 1. The Balaban J connectivity index is 2.27. The molecule has 1 saturated heterocycles. The molecule has 24 heavy (non-hydrogen) atoms. The highest BCUT2D eigenvalue weighted by molar-refractivity contribution is 8.18. The number of amides is 2. The van der Waals surface area contributed by atoms with Gasteiger partial charge in [0.1, 0.15) is 18.0 Å². The summed E-state index contributed by atoms with van der Waals surface area (Å²) in [7, 11) is 3.03. The van der Waals surface area contributed by atoms with Crippen LogP contribution in [0.5, 0.6) is 11.5 Å². The minimum Gasteiger partial charge on any atom is -0.497 e. The third kappa shape index (κ3) is 3.88. The van der Waals surface area contributed by atoms with E-state index in [4.69, 9.17) is 14.2 Å². The van der Waals surface area contributed by atoms with Gasteiger partial charge in [-0.2, -0.15) is 0 Å². The smallest absolute Gasteiger partial charge is 0.326 e. The monoisotopic (exact) mass is 351 g/mol. The quantitative estimate of drug-likeness (QED) is 0.574. The molecule has 0 unspecified atom stereocenters. The number of methoxy groups -OCH3 is 2. The van der Waals surface area contributed by atoms with E-state index < -0.39 is 23.7 Å². The fourth-order valence-corrected chi connectivity index (χ4v) is 2.89. The first-order valence-electron chi connectivity index (χ1n) is 7.13. The van der Waals surface area contributed by atoms with Crippen molar-refractivity contribution in [2.24, 2.45) is 0 Å². The van der Waals surface area contributed by atoms with Gasteiger partial charge in [-0.15, -0.1) is 0 Å². The summed E-state index contributed by atoms with van der Waals surface area (Å²) in [6.07, 6.45) is 1.54. The molecule has 0 aromatic heterocycles. The number of benzene rings is 1. The molecule has 0 spiro atoms. The minimum absolute atomic E-state index is 0.186. The zero-order valence-electron chi connectivity index (χ0n) is 13.5. The highest BCUT2D eigenvalue weighted by Gasteiger charge is 2.36. The summed E-state index contributed by atoms with van der Waals surface area (Å²) < 4.78 is 15.2. The first kappa shape index (κ1) is 17.9. The summed E-state index contributed by atoms with van der Waals surface area (Å²) in [6.45, 7) is 1.44. The van der Waals surface area contributed by atoms with Gasteiger partial charge >= 0.3 is 5.97 Å². The van der Waals surface area contributed by atoms with Gasteiger partial charge in [-0.3, -0.25) is 19.3 Å². The van der Waals surface area contributed by atoms with Crippen molar-refractivity contribution in [2.75, 3.05) is 27.4 Å². The van der Waals surface area contributed by atoms with Crippen molar-refractivity contribution in [3.63, 3.8) is 0 Å². The Kier molecular flexibility index (Phi) is 5.86. The van der Waals surface area contributed by atoms with E-state index >= 15 is 0 Å². The predicted octanol–water partition coefficient (Wildman–Crippen LogP) is 2.30. The average Bonchev–Trinajstić information content (AvgIpc) is 2.82. The molecule has 0 N–H and O–H groups in total. The van der Waals surface area contributed by atoms with E-state index in [-0.39, 0.29) is 11.5 Å². The minimum atomic E-state index is -0.625. The molecule has 1 aliphatic rings. The number of hydrogen-bond donors (Lipinski definition) is 0. The molecule has 0 radical (unpaired) electrons. The van der Waals surface area contributed by atoms with Crippen LogP contribution in [0.1, 0.15) is 12.5 Å². The number of imide groups is 1. The second-order valence-electron chi connectivity index (χ2n) is 4.68. The topological polar surface area (TPSA) is 82.1 Å².